The summed E-state index contributed by atoms with van der Waals surface area (Å²) in [6.07, 6.45) is 4.28. The Balaban J connectivity index is 1.92. The standard InChI is InChI=1S/C12H19N5O3/c1-9(16-8-11(7-13-16)17(19)20)12(18)14-10-3-5-15(2)6-4-10/h7-10H,3-6H2,1-2H3,(H,14,18). The molecule has 0 bridgehead atoms. The molecule has 1 atom stereocenters. The van der Waals surface area contributed by atoms with E-state index in [1.165, 1.54) is 10.9 Å². The highest BCUT2D eigenvalue weighted by Gasteiger charge is 2.23. The van der Waals surface area contributed by atoms with Crippen LogP contribution in [0.1, 0.15) is 25.8 Å². The summed E-state index contributed by atoms with van der Waals surface area (Å²) in [5.74, 6) is -0.155. The first-order chi connectivity index (χ1) is 9.47. The lowest BCUT2D eigenvalue weighted by Gasteiger charge is -2.30. The van der Waals surface area contributed by atoms with Gasteiger partial charge in [0.05, 0.1) is 4.92 Å². The van der Waals surface area contributed by atoms with Crippen LogP contribution in [0.2, 0.25) is 0 Å². The monoisotopic (exact) mass is 281 g/mol. The molecule has 0 aliphatic carbocycles. The van der Waals surface area contributed by atoms with E-state index < -0.39 is 11.0 Å². The Hall–Kier alpha value is -1.96. The number of amides is 1. The van der Waals surface area contributed by atoms with Crippen molar-refractivity contribution >= 4 is 11.6 Å². The number of carbonyl (C=O) groups excluding carboxylic acids is 1. The third-order valence-corrected chi connectivity index (χ3v) is 3.64. The van der Waals surface area contributed by atoms with Gasteiger partial charge in [0.2, 0.25) is 5.91 Å². The molecule has 2 heterocycles. The van der Waals surface area contributed by atoms with E-state index in [1.54, 1.807) is 6.92 Å². The fraction of sp³-hybridized carbons (Fsp3) is 0.667. The number of likely N-dealkylation sites (tertiary alicyclic amines) is 1. The topological polar surface area (TPSA) is 93.3 Å². The number of rotatable bonds is 4. The van der Waals surface area contributed by atoms with Crippen molar-refractivity contribution in [1.82, 2.24) is 20.0 Å². The number of nitrogens with one attached hydrogen (secondary N) is 1. The molecule has 8 heteroatoms. The second-order valence-corrected chi connectivity index (χ2v) is 5.20. The van der Waals surface area contributed by atoms with Crippen LogP contribution in [-0.4, -0.2) is 51.7 Å². The fourth-order valence-corrected chi connectivity index (χ4v) is 2.23. The number of piperidine rings is 1. The maximum absolute atomic E-state index is 12.1. The fourth-order valence-electron chi connectivity index (χ4n) is 2.23. The first-order valence-corrected chi connectivity index (χ1v) is 6.65. The zero-order chi connectivity index (χ0) is 14.7. The van der Waals surface area contributed by atoms with Gasteiger partial charge in [-0.2, -0.15) is 5.10 Å². The van der Waals surface area contributed by atoms with E-state index in [9.17, 15) is 14.9 Å². The smallest absolute Gasteiger partial charge is 0.307 e. The minimum atomic E-state index is -0.552. The number of carbonyl (C=O) groups is 1. The molecule has 1 aromatic heterocycles. The molecule has 2 rings (SSSR count). The average Bonchev–Trinajstić information content (AvgIpc) is 2.90. The third-order valence-electron chi connectivity index (χ3n) is 3.64. The molecular formula is C12H19N5O3. The van der Waals surface area contributed by atoms with E-state index in [2.05, 4.69) is 22.4 Å². The van der Waals surface area contributed by atoms with E-state index in [4.69, 9.17) is 0 Å². The zero-order valence-electron chi connectivity index (χ0n) is 11.7. The molecule has 0 aromatic carbocycles. The Morgan fingerprint density at radius 2 is 2.20 bits per heavy atom. The second-order valence-electron chi connectivity index (χ2n) is 5.20. The van der Waals surface area contributed by atoms with Crippen LogP contribution >= 0.6 is 0 Å². The van der Waals surface area contributed by atoms with Gasteiger partial charge >= 0.3 is 5.69 Å². The quantitative estimate of drug-likeness (QED) is 0.643. The van der Waals surface area contributed by atoms with Crippen molar-refractivity contribution in [3.05, 3.63) is 22.5 Å². The van der Waals surface area contributed by atoms with Gasteiger partial charge in [-0.3, -0.25) is 19.6 Å². The number of hydrogen-bond acceptors (Lipinski definition) is 5. The summed E-state index contributed by atoms with van der Waals surface area (Å²) < 4.78 is 1.32. The molecule has 20 heavy (non-hydrogen) atoms. The van der Waals surface area contributed by atoms with E-state index in [-0.39, 0.29) is 17.6 Å². The van der Waals surface area contributed by atoms with Crippen molar-refractivity contribution in [3.63, 3.8) is 0 Å². The van der Waals surface area contributed by atoms with Gasteiger partial charge in [-0.05, 0) is 39.9 Å². The van der Waals surface area contributed by atoms with Crippen LogP contribution in [0.4, 0.5) is 5.69 Å². The van der Waals surface area contributed by atoms with Crippen LogP contribution in [0.3, 0.4) is 0 Å². The largest absolute Gasteiger partial charge is 0.351 e. The molecule has 8 nitrogen and oxygen atoms in total. The molecule has 0 radical (unpaired) electrons. The Morgan fingerprint density at radius 1 is 1.55 bits per heavy atom. The number of hydrogen-bond donors (Lipinski definition) is 1. The first-order valence-electron chi connectivity index (χ1n) is 6.65. The molecule has 1 unspecified atom stereocenters. The zero-order valence-corrected chi connectivity index (χ0v) is 11.7. The van der Waals surface area contributed by atoms with E-state index in [0.717, 1.165) is 32.1 Å². The summed E-state index contributed by atoms with van der Waals surface area (Å²) in [6.45, 7) is 3.61. The summed E-state index contributed by atoms with van der Waals surface area (Å²) in [4.78, 5) is 24.4. The van der Waals surface area contributed by atoms with Crippen molar-refractivity contribution < 1.29 is 9.72 Å². The van der Waals surface area contributed by atoms with Crippen molar-refractivity contribution in [2.75, 3.05) is 20.1 Å². The van der Waals surface area contributed by atoms with Crippen LogP contribution in [0, 0.1) is 10.1 Å². The Bertz CT molecular complexity index is 493. The lowest BCUT2D eigenvalue weighted by Crippen LogP contribution is -2.45. The molecule has 1 saturated heterocycles. The van der Waals surface area contributed by atoms with Crippen molar-refractivity contribution in [2.45, 2.75) is 31.8 Å². The highest BCUT2D eigenvalue weighted by atomic mass is 16.6. The summed E-state index contributed by atoms with van der Waals surface area (Å²) in [5, 5.41) is 17.5. The minimum absolute atomic E-state index is 0.107. The summed E-state index contributed by atoms with van der Waals surface area (Å²) in [5.41, 5.74) is -0.107. The molecule has 110 valence electrons. The predicted octanol–water partition coefficient (Wildman–Crippen LogP) is 0.563. The molecule has 0 spiro atoms. The van der Waals surface area contributed by atoms with Gasteiger partial charge in [0.25, 0.3) is 0 Å². The maximum Gasteiger partial charge on any atom is 0.307 e. The molecule has 1 fully saturated rings. The Labute approximate surface area is 116 Å². The van der Waals surface area contributed by atoms with Crippen LogP contribution in [0.5, 0.6) is 0 Å². The summed E-state index contributed by atoms with van der Waals surface area (Å²) >= 11 is 0. The first kappa shape index (κ1) is 14.4. The van der Waals surface area contributed by atoms with Gasteiger partial charge in [-0.25, -0.2) is 0 Å². The molecule has 0 saturated carbocycles. The van der Waals surface area contributed by atoms with E-state index in [1.807, 2.05) is 0 Å². The number of nitrogens with zero attached hydrogens (tertiary/aromatic N) is 4. The second kappa shape index (κ2) is 6.00. The SMILES string of the molecule is CC(C(=O)NC1CCN(C)CC1)n1cc([N+](=O)[O-])cn1. The highest BCUT2D eigenvalue weighted by Crippen LogP contribution is 2.14. The Morgan fingerprint density at radius 3 is 2.75 bits per heavy atom. The van der Waals surface area contributed by atoms with Crippen molar-refractivity contribution in [2.24, 2.45) is 0 Å². The van der Waals surface area contributed by atoms with Gasteiger partial charge in [0.1, 0.15) is 18.4 Å². The van der Waals surface area contributed by atoms with Crippen LogP contribution in [0.25, 0.3) is 0 Å². The summed E-state index contributed by atoms with van der Waals surface area (Å²) in [6, 6.07) is -0.380. The lowest BCUT2D eigenvalue weighted by molar-refractivity contribution is -0.385. The lowest BCUT2D eigenvalue weighted by atomic mass is 10.1. The van der Waals surface area contributed by atoms with Gasteiger partial charge in [-0.1, -0.05) is 0 Å². The molecular weight excluding hydrogens is 262 g/mol. The van der Waals surface area contributed by atoms with Gasteiger partial charge in [0.15, 0.2) is 0 Å². The number of aromatic nitrogens is 2. The molecule has 1 aliphatic rings. The van der Waals surface area contributed by atoms with Crippen molar-refractivity contribution in [1.29, 1.82) is 0 Å². The van der Waals surface area contributed by atoms with Crippen LogP contribution < -0.4 is 5.32 Å². The van der Waals surface area contributed by atoms with Crippen molar-refractivity contribution in [3.8, 4) is 0 Å². The van der Waals surface area contributed by atoms with Gasteiger partial charge < -0.3 is 10.2 Å². The van der Waals surface area contributed by atoms with Gasteiger partial charge in [-0.15, -0.1) is 0 Å². The molecule has 1 N–H and O–H groups in total. The third kappa shape index (κ3) is 3.32. The molecule has 1 aromatic rings. The molecule has 1 amide bonds. The minimum Gasteiger partial charge on any atom is -0.351 e. The van der Waals surface area contributed by atoms with Gasteiger partial charge in [0, 0.05) is 6.04 Å². The van der Waals surface area contributed by atoms with E-state index in [0.29, 0.717) is 0 Å². The number of nitro groups is 1. The maximum atomic E-state index is 12.1. The average molecular weight is 281 g/mol. The van der Waals surface area contributed by atoms with Crippen LogP contribution in [-0.2, 0) is 4.79 Å². The highest BCUT2D eigenvalue weighted by molar-refractivity contribution is 5.80. The molecule has 1 aliphatic heterocycles. The summed E-state index contributed by atoms with van der Waals surface area (Å²) in [7, 11) is 2.06. The normalized spacial score (nSPS) is 18.7. The van der Waals surface area contributed by atoms with E-state index >= 15 is 0 Å². The predicted molar refractivity (Wildman–Crippen MR) is 72.3 cm³/mol. The Kier molecular flexibility index (Phi) is 4.33. The van der Waals surface area contributed by atoms with Crippen LogP contribution in [0.15, 0.2) is 12.4 Å².